The van der Waals surface area contributed by atoms with E-state index in [2.05, 4.69) is 10.6 Å². The molecule has 160 valence electrons. The van der Waals surface area contributed by atoms with Crippen LogP contribution in [0.5, 0.6) is 5.75 Å². The first-order chi connectivity index (χ1) is 15.1. The Morgan fingerprint density at radius 1 is 0.871 bits per heavy atom. The van der Waals surface area contributed by atoms with Gasteiger partial charge in [-0.2, -0.15) is 0 Å². The molecule has 2 aromatic carbocycles. The van der Waals surface area contributed by atoms with E-state index in [0.717, 1.165) is 11.1 Å². The highest BCUT2D eigenvalue weighted by Crippen LogP contribution is 2.09. The third-order valence-corrected chi connectivity index (χ3v) is 4.16. The summed E-state index contributed by atoms with van der Waals surface area (Å²) < 4.78 is 15.8. The van der Waals surface area contributed by atoms with Gasteiger partial charge in [0.15, 0.2) is 0 Å². The molecule has 8 heteroatoms. The lowest BCUT2D eigenvalue weighted by molar-refractivity contribution is -0.120. The Labute approximate surface area is 178 Å². The number of carbonyl (C=O) groups excluding carboxylic acids is 2. The van der Waals surface area contributed by atoms with Crippen molar-refractivity contribution in [1.82, 2.24) is 10.6 Å². The van der Waals surface area contributed by atoms with E-state index in [1.54, 1.807) is 0 Å². The Morgan fingerprint density at radius 2 is 1.52 bits per heavy atom. The number of carbonyl (C=O) groups is 2. The Bertz CT molecular complexity index is 1050. The molecule has 2 N–H and O–H groups in total. The first-order valence-electron chi connectivity index (χ1n) is 9.60. The largest absolute Gasteiger partial charge is 0.482 e. The number of nitrogens with one attached hydrogen (secondary N) is 2. The number of amides is 2. The van der Waals surface area contributed by atoms with Crippen molar-refractivity contribution in [2.75, 3.05) is 6.54 Å². The summed E-state index contributed by atoms with van der Waals surface area (Å²) >= 11 is 0. The fourth-order valence-corrected chi connectivity index (χ4v) is 2.55. The second-order valence-electron chi connectivity index (χ2n) is 6.54. The average Bonchev–Trinajstić information content (AvgIpc) is 2.80. The van der Waals surface area contributed by atoms with E-state index in [9.17, 15) is 14.4 Å². The number of hydrogen-bond donors (Lipinski definition) is 2. The van der Waals surface area contributed by atoms with Crippen molar-refractivity contribution in [2.24, 2.45) is 0 Å². The maximum atomic E-state index is 12.1. The molecule has 8 nitrogen and oxygen atoms in total. The van der Waals surface area contributed by atoms with Crippen LogP contribution in [0.4, 0.5) is 4.79 Å². The van der Waals surface area contributed by atoms with E-state index in [1.165, 1.54) is 12.3 Å². The first kappa shape index (κ1) is 21.6. The van der Waals surface area contributed by atoms with Crippen molar-refractivity contribution >= 4 is 12.0 Å². The van der Waals surface area contributed by atoms with Gasteiger partial charge in [-0.25, -0.2) is 4.79 Å². The molecule has 0 radical (unpaired) electrons. The molecule has 2 amide bonds. The average molecular weight is 422 g/mol. The quantitative estimate of drug-likeness (QED) is 0.549. The van der Waals surface area contributed by atoms with Gasteiger partial charge in [0.1, 0.15) is 31.8 Å². The van der Waals surface area contributed by atoms with Crippen molar-refractivity contribution in [3.63, 3.8) is 0 Å². The van der Waals surface area contributed by atoms with Crippen molar-refractivity contribution in [2.45, 2.75) is 19.8 Å². The highest BCUT2D eigenvalue weighted by Gasteiger charge is 2.09. The van der Waals surface area contributed by atoms with Gasteiger partial charge in [0, 0.05) is 6.07 Å². The molecule has 0 saturated heterocycles. The number of ether oxygens (including phenoxy) is 2. The van der Waals surface area contributed by atoms with Gasteiger partial charge < -0.3 is 24.5 Å². The minimum atomic E-state index is -0.703. The molecule has 31 heavy (non-hydrogen) atoms. The smallest absolute Gasteiger partial charge is 0.407 e. The SMILES string of the molecule is O=C(CNC(=O)OCc1ccccc1)NCc1cc(=O)c(OCc2ccccc2)co1. The van der Waals surface area contributed by atoms with Crippen LogP contribution in [0.15, 0.2) is 82.2 Å². The van der Waals surface area contributed by atoms with E-state index >= 15 is 0 Å². The second kappa shape index (κ2) is 11.2. The highest BCUT2D eigenvalue weighted by molar-refractivity contribution is 5.82. The van der Waals surface area contributed by atoms with Crippen molar-refractivity contribution in [1.29, 1.82) is 0 Å². The number of rotatable bonds is 9. The van der Waals surface area contributed by atoms with E-state index in [1.807, 2.05) is 60.7 Å². The van der Waals surface area contributed by atoms with Crippen LogP contribution in [-0.4, -0.2) is 18.5 Å². The summed E-state index contributed by atoms with van der Waals surface area (Å²) in [6.45, 7) is 0.0791. The summed E-state index contributed by atoms with van der Waals surface area (Å²) in [6, 6.07) is 19.9. The first-order valence-corrected chi connectivity index (χ1v) is 9.60. The van der Waals surface area contributed by atoms with Gasteiger partial charge in [0.2, 0.25) is 17.1 Å². The molecule has 0 atom stereocenters. The minimum absolute atomic E-state index is 0.00617. The molecular weight excluding hydrogens is 400 g/mol. The zero-order valence-electron chi connectivity index (χ0n) is 16.7. The lowest BCUT2D eigenvalue weighted by Gasteiger charge is -2.08. The molecule has 0 aliphatic heterocycles. The molecule has 3 rings (SSSR count). The van der Waals surface area contributed by atoms with Crippen molar-refractivity contribution in [3.8, 4) is 5.75 Å². The molecule has 1 heterocycles. The highest BCUT2D eigenvalue weighted by atomic mass is 16.5. The van der Waals surface area contributed by atoms with Crippen LogP contribution in [0.2, 0.25) is 0 Å². The van der Waals surface area contributed by atoms with Crippen LogP contribution in [-0.2, 0) is 29.3 Å². The van der Waals surface area contributed by atoms with Crippen LogP contribution in [0.25, 0.3) is 0 Å². The molecule has 0 aliphatic carbocycles. The van der Waals surface area contributed by atoms with Gasteiger partial charge in [-0.15, -0.1) is 0 Å². The fraction of sp³-hybridized carbons (Fsp3) is 0.174. The topological polar surface area (TPSA) is 107 Å². The molecule has 0 saturated carbocycles. The van der Waals surface area contributed by atoms with Gasteiger partial charge in [0.25, 0.3) is 0 Å². The summed E-state index contributed by atoms with van der Waals surface area (Å²) in [5, 5.41) is 4.91. The molecule has 0 aliphatic rings. The van der Waals surface area contributed by atoms with Crippen LogP contribution in [0, 0.1) is 0 Å². The van der Waals surface area contributed by atoms with Gasteiger partial charge in [-0.1, -0.05) is 60.7 Å². The molecule has 1 aromatic heterocycles. The molecular formula is C23H22N2O6. The Morgan fingerprint density at radius 3 is 2.16 bits per heavy atom. The van der Waals surface area contributed by atoms with E-state index < -0.39 is 12.0 Å². The van der Waals surface area contributed by atoms with Crippen LogP contribution in [0.3, 0.4) is 0 Å². The third-order valence-electron chi connectivity index (χ3n) is 4.16. The number of alkyl carbamates (subject to hydrolysis) is 1. The van der Waals surface area contributed by atoms with Gasteiger partial charge >= 0.3 is 6.09 Å². The minimum Gasteiger partial charge on any atom is -0.482 e. The van der Waals surface area contributed by atoms with Gasteiger partial charge in [0.05, 0.1) is 6.54 Å². The van der Waals surface area contributed by atoms with Crippen molar-refractivity contribution < 1.29 is 23.5 Å². The lowest BCUT2D eigenvalue weighted by atomic mass is 10.2. The van der Waals surface area contributed by atoms with Crippen LogP contribution in [0.1, 0.15) is 16.9 Å². The van der Waals surface area contributed by atoms with E-state index in [0.29, 0.717) is 0 Å². The number of hydrogen-bond acceptors (Lipinski definition) is 6. The Hall–Kier alpha value is -4.07. The fourth-order valence-electron chi connectivity index (χ4n) is 2.55. The maximum Gasteiger partial charge on any atom is 0.407 e. The third kappa shape index (κ3) is 7.36. The van der Waals surface area contributed by atoms with Crippen LogP contribution < -0.4 is 20.8 Å². The predicted molar refractivity (Wildman–Crippen MR) is 112 cm³/mol. The standard InChI is InChI=1S/C23H22N2O6/c26-20-11-19(29-16-21(20)30-14-17-7-3-1-4-8-17)12-24-22(27)13-25-23(28)31-15-18-9-5-2-6-10-18/h1-11,16H,12-15H2,(H,24,27)(H,25,28). The monoisotopic (exact) mass is 422 g/mol. The zero-order valence-corrected chi connectivity index (χ0v) is 16.7. The van der Waals surface area contributed by atoms with Gasteiger partial charge in [-0.05, 0) is 11.1 Å². The Kier molecular flexibility index (Phi) is 7.82. The van der Waals surface area contributed by atoms with E-state index in [4.69, 9.17) is 13.9 Å². The van der Waals surface area contributed by atoms with Crippen molar-refractivity contribution in [3.05, 3.63) is 100 Å². The maximum absolute atomic E-state index is 12.1. The lowest BCUT2D eigenvalue weighted by Crippen LogP contribution is -2.36. The summed E-state index contributed by atoms with van der Waals surface area (Å²) in [5.41, 5.74) is 1.41. The van der Waals surface area contributed by atoms with Gasteiger partial charge in [-0.3, -0.25) is 9.59 Å². The summed E-state index contributed by atoms with van der Waals surface area (Å²) in [5.74, 6) is -0.109. The van der Waals surface area contributed by atoms with Crippen LogP contribution >= 0.6 is 0 Å². The zero-order chi connectivity index (χ0) is 21.9. The van der Waals surface area contributed by atoms with E-state index in [-0.39, 0.29) is 43.2 Å². The Balaban J connectivity index is 1.38. The second-order valence-corrected chi connectivity index (χ2v) is 6.54. The molecule has 0 unspecified atom stereocenters. The molecule has 0 bridgehead atoms. The number of benzene rings is 2. The molecule has 3 aromatic rings. The summed E-state index contributed by atoms with van der Waals surface area (Å²) in [4.78, 5) is 35.7. The predicted octanol–water partition coefficient (Wildman–Crippen LogP) is 2.76. The molecule has 0 spiro atoms. The molecule has 0 fully saturated rings. The normalized spacial score (nSPS) is 10.2. The summed E-state index contributed by atoms with van der Waals surface area (Å²) in [7, 11) is 0. The summed E-state index contributed by atoms with van der Waals surface area (Å²) in [6.07, 6.45) is 0.511.